The van der Waals surface area contributed by atoms with Crippen molar-refractivity contribution in [3.8, 4) is 0 Å². The molecule has 0 amide bonds. The summed E-state index contributed by atoms with van der Waals surface area (Å²) in [5.74, 6) is -0.206. The number of ether oxygens (including phenoxy) is 1. The van der Waals surface area contributed by atoms with Gasteiger partial charge in [0.25, 0.3) is 0 Å². The Hall–Kier alpha value is -1.72. The van der Waals surface area contributed by atoms with Gasteiger partial charge >= 0.3 is 0 Å². The number of benzene rings is 1. The van der Waals surface area contributed by atoms with Crippen LogP contribution < -0.4 is 0 Å². The Balaban J connectivity index is 1.62. The highest BCUT2D eigenvalue weighted by Crippen LogP contribution is 2.28. The zero-order chi connectivity index (χ0) is 17.9. The van der Waals surface area contributed by atoms with Crippen molar-refractivity contribution in [2.24, 2.45) is 0 Å². The van der Waals surface area contributed by atoms with Crippen molar-refractivity contribution in [1.82, 2.24) is 14.7 Å². The molecule has 1 aliphatic heterocycles. The Morgan fingerprint density at radius 3 is 2.72 bits per heavy atom. The Bertz CT molecular complexity index is 681. The minimum Gasteiger partial charge on any atom is -0.375 e. The topological polar surface area (TPSA) is 30.3 Å². The number of halogens is 1. The summed E-state index contributed by atoms with van der Waals surface area (Å²) in [5, 5.41) is 4.47. The lowest BCUT2D eigenvalue weighted by molar-refractivity contribution is -0.0838. The molecule has 5 heteroatoms. The second-order valence-electron chi connectivity index (χ2n) is 7.49. The van der Waals surface area contributed by atoms with Crippen LogP contribution in [0.25, 0.3) is 0 Å². The van der Waals surface area contributed by atoms with E-state index in [-0.39, 0.29) is 11.4 Å². The van der Waals surface area contributed by atoms with Crippen LogP contribution in [0.3, 0.4) is 0 Å². The van der Waals surface area contributed by atoms with Crippen molar-refractivity contribution < 1.29 is 9.13 Å². The molecule has 0 N–H and O–H groups in total. The van der Waals surface area contributed by atoms with Gasteiger partial charge in [-0.1, -0.05) is 19.1 Å². The van der Waals surface area contributed by atoms with E-state index in [9.17, 15) is 4.39 Å². The predicted octanol–water partition coefficient (Wildman–Crippen LogP) is 3.85. The van der Waals surface area contributed by atoms with E-state index < -0.39 is 0 Å². The largest absolute Gasteiger partial charge is 0.375 e. The van der Waals surface area contributed by atoms with Gasteiger partial charge in [-0.15, -0.1) is 0 Å². The van der Waals surface area contributed by atoms with E-state index in [1.165, 1.54) is 17.7 Å². The lowest BCUT2D eigenvalue weighted by atomic mass is 9.92. The van der Waals surface area contributed by atoms with Crippen molar-refractivity contribution in [2.45, 2.75) is 58.3 Å². The van der Waals surface area contributed by atoms with Gasteiger partial charge in [0, 0.05) is 31.0 Å². The van der Waals surface area contributed by atoms with Gasteiger partial charge in [-0.2, -0.15) is 5.10 Å². The molecule has 2 heterocycles. The fourth-order valence-electron chi connectivity index (χ4n) is 3.60. The Kier molecular flexibility index (Phi) is 5.54. The van der Waals surface area contributed by atoms with Gasteiger partial charge in [-0.05, 0) is 50.9 Å². The maximum absolute atomic E-state index is 13.0. The average molecular weight is 345 g/mol. The number of nitrogens with zero attached hydrogens (tertiary/aromatic N) is 3. The van der Waals surface area contributed by atoms with Gasteiger partial charge in [0.1, 0.15) is 5.82 Å². The molecule has 4 nitrogen and oxygen atoms in total. The third-order valence-corrected chi connectivity index (χ3v) is 4.92. The summed E-state index contributed by atoms with van der Waals surface area (Å²) in [4.78, 5) is 2.52. The molecular weight excluding hydrogens is 317 g/mol. The Labute approximate surface area is 149 Å². The van der Waals surface area contributed by atoms with Crippen molar-refractivity contribution in [2.75, 3.05) is 13.2 Å². The SMILES string of the molecule is CCN(Cc1cnn(Cc2ccc(F)cc2)c1)C1CCOC(C)(C)C1. The van der Waals surface area contributed by atoms with Gasteiger partial charge in [0.05, 0.1) is 18.3 Å². The molecule has 136 valence electrons. The standard InChI is InChI=1S/C20H28FN3O/c1-4-23(19-9-10-25-20(2,3)11-19)13-17-12-22-24(15-17)14-16-5-7-18(21)8-6-16/h5-8,12,15,19H,4,9-11,13-14H2,1-3H3. The summed E-state index contributed by atoms with van der Waals surface area (Å²) >= 11 is 0. The molecule has 0 radical (unpaired) electrons. The summed E-state index contributed by atoms with van der Waals surface area (Å²) in [6, 6.07) is 7.14. The van der Waals surface area contributed by atoms with E-state index in [1.807, 2.05) is 10.9 Å². The van der Waals surface area contributed by atoms with Crippen LogP contribution >= 0.6 is 0 Å². The molecule has 1 aromatic carbocycles. The maximum Gasteiger partial charge on any atom is 0.123 e. The highest BCUT2D eigenvalue weighted by Gasteiger charge is 2.31. The quantitative estimate of drug-likeness (QED) is 0.797. The molecule has 0 aliphatic carbocycles. The van der Waals surface area contributed by atoms with Crippen LogP contribution in [0.5, 0.6) is 0 Å². The van der Waals surface area contributed by atoms with Crippen LogP contribution in [0.4, 0.5) is 4.39 Å². The zero-order valence-electron chi connectivity index (χ0n) is 15.4. The van der Waals surface area contributed by atoms with E-state index in [0.717, 1.165) is 38.1 Å². The third kappa shape index (κ3) is 4.89. The maximum atomic E-state index is 13.0. The molecule has 0 bridgehead atoms. The molecular formula is C20H28FN3O. The average Bonchev–Trinajstić information content (AvgIpc) is 3.01. The second-order valence-corrected chi connectivity index (χ2v) is 7.49. The van der Waals surface area contributed by atoms with Gasteiger partial charge in [-0.25, -0.2) is 4.39 Å². The number of aromatic nitrogens is 2. The van der Waals surface area contributed by atoms with Crippen LogP contribution in [-0.2, 0) is 17.8 Å². The van der Waals surface area contributed by atoms with E-state index in [0.29, 0.717) is 12.6 Å². The van der Waals surface area contributed by atoms with Crippen LogP contribution in [0.2, 0.25) is 0 Å². The van der Waals surface area contributed by atoms with Crippen LogP contribution in [0.15, 0.2) is 36.7 Å². The third-order valence-electron chi connectivity index (χ3n) is 4.92. The van der Waals surface area contributed by atoms with E-state index in [4.69, 9.17) is 4.74 Å². The second kappa shape index (κ2) is 7.67. The van der Waals surface area contributed by atoms with Crippen molar-refractivity contribution in [3.63, 3.8) is 0 Å². The highest BCUT2D eigenvalue weighted by molar-refractivity contribution is 5.17. The van der Waals surface area contributed by atoms with E-state index in [1.54, 1.807) is 12.1 Å². The Morgan fingerprint density at radius 1 is 1.28 bits per heavy atom. The molecule has 25 heavy (non-hydrogen) atoms. The van der Waals surface area contributed by atoms with Crippen molar-refractivity contribution in [1.29, 1.82) is 0 Å². The molecule has 1 aromatic heterocycles. The molecule has 2 aromatic rings. The van der Waals surface area contributed by atoms with Gasteiger partial charge < -0.3 is 4.74 Å². The number of rotatable bonds is 6. The summed E-state index contributed by atoms with van der Waals surface area (Å²) < 4.78 is 20.8. The molecule has 3 rings (SSSR count). The van der Waals surface area contributed by atoms with E-state index in [2.05, 4.69) is 37.0 Å². The molecule has 1 saturated heterocycles. The minimum atomic E-state index is -0.206. The summed E-state index contributed by atoms with van der Waals surface area (Å²) in [5.41, 5.74) is 2.23. The first-order chi connectivity index (χ1) is 11.9. The highest BCUT2D eigenvalue weighted by atomic mass is 19.1. The summed E-state index contributed by atoms with van der Waals surface area (Å²) in [6.45, 7) is 9.98. The summed E-state index contributed by atoms with van der Waals surface area (Å²) in [7, 11) is 0. The lowest BCUT2D eigenvalue weighted by Gasteiger charge is -2.40. The minimum absolute atomic E-state index is 0.0386. The van der Waals surface area contributed by atoms with Crippen LogP contribution in [-0.4, -0.2) is 39.5 Å². The molecule has 1 aliphatic rings. The number of hydrogen-bond acceptors (Lipinski definition) is 3. The molecule has 0 spiro atoms. The van der Waals surface area contributed by atoms with Crippen LogP contribution in [0, 0.1) is 5.82 Å². The van der Waals surface area contributed by atoms with Gasteiger partial charge in [0.2, 0.25) is 0 Å². The Morgan fingerprint density at radius 2 is 2.04 bits per heavy atom. The normalized spacial score (nSPS) is 20.1. The molecule has 1 atom stereocenters. The lowest BCUT2D eigenvalue weighted by Crippen LogP contribution is -2.45. The summed E-state index contributed by atoms with van der Waals surface area (Å²) in [6.07, 6.45) is 6.18. The fourth-order valence-corrected chi connectivity index (χ4v) is 3.60. The smallest absolute Gasteiger partial charge is 0.123 e. The monoisotopic (exact) mass is 345 g/mol. The molecule has 1 fully saturated rings. The van der Waals surface area contributed by atoms with Crippen LogP contribution in [0.1, 0.15) is 44.7 Å². The van der Waals surface area contributed by atoms with Crippen molar-refractivity contribution >= 4 is 0 Å². The van der Waals surface area contributed by atoms with Crippen molar-refractivity contribution in [3.05, 3.63) is 53.6 Å². The zero-order valence-corrected chi connectivity index (χ0v) is 15.4. The van der Waals surface area contributed by atoms with Gasteiger partial charge in [-0.3, -0.25) is 9.58 Å². The molecule has 0 saturated carbocycles. The first kappa shape index (κ1) is 18.1. The first-order valence-electron chi connectivity index (χ1n) is 9.09. The number of hydrogen-bond donors (Lipinski definition) is 0. The van der Waals surface area contributed by atoms with Gasteiger partial charge in [0.15, 0.2) is 0 Å². The fraction of sp³-hybridized carbons (Fsp3) is 0.550. The van der Waals surface area contributed by atoms with E-state index >= 15 is 0 Å². The predicted molar refractivity (Wildman–Crippen MR) is 96.9 cm³/mol. The molecule has 1 unspecified atom stereocenters. The first-order valence-corrected chi connectivity index (χ1v) is 9.09.